The van der Waals surface area contributed by atoms with E-state index in [-0.39, 0.29) is 5.78 Å². The van der Waals surface area contributed by atoms with Crippen LogP contribution in [0.25, 0.3) is 0 Å². The summed E-state index contributed by atoms with van der Waals surface area (Å²) in [5.74, 6) is 0.180. The number of hydrogen-bond donors (Lipinski definition) is 1. The molecule has 3 heteroatoms. The Morgan fingerprint density at radius 1 is 1.27 bits per heavy atom. The summed E-state index contributed by atoms with van der Waals surface area (Å²) >= 11 is 5.11. The van der Waals surface area contributed by atoms with Crippen LogP contribution in [-0.2, 0) is 11.3 Å². The minimum atomic E-state index is 0.180. The van der Waals surface area contributed by atoms with Gasteiger partial charge in [-0.25, -0.2) is 0 Å². The van der Waals surface area contributed by atoms with Crippen LogP contribution in [0.2, 0.25) is 0 Å². The van der Waals surface area contributed by atoms with Gasteiger partial charge in [0.1, 0.15) is 5.78 Å². The van der Waals surface area contributed by atoms with E-state index in [9.17, 15) is 4.79 Å². The number of hydrogen-bond acceptors (Lipinski definition) is 2. The molecule has 1 rings (SSSR count). The lowest BCUT2D eigenvalue weighted by Gasteiger charge is -2.06. The molecular weight excluding hydrogens is 206 g/mol. The lowest BCUT2D eigenvalue weighted by atomic mass is 10.2. The van der Waals surface area contributed by atoms with Crippen molar-refractivity contribution in [3.05, 3.63) is 35.9 Å². The summed E-state index contributed by atoms with van der Waals surface area (Å²) in [6.45, 7) is 2.32. The highest BCUT2D eigenvalue weighted by Crippen LogP contribution is 1.99. The number of benzene rings is 1. The van der Waals surface area contributed by atoms with E-state index >= 15 is 0 Å². The lowest BCUT2D eigenvalue weighted by molar-refractivity contribution is -0.116. The van der Waals surface area contributed by atoms with E-state index in [4.69, 9.17) is 12.2 Å². The molecule has 15 heavy (non-hydrogen) atoms. The predicted molar refractivity (Wildman–Crippen MR) is 65.8 cm³/mol. The minimum Gasteiger partial charge on any atom is -0.376 e. The Kier molecular flexibility index (Phi) is 4.98. The molecule has 0 spiro atoms. The van der Waals surface area contributed by atoms with E-state index < -0.39 is 0 Å². The van der Waals surface area contributed by atoms with Crippen LogP contribution in [-0.4, -0.2) is 10.8 Å². The molecule has 0 heterocycles. The van der Waals surface area contributed by atoms with E-state index in [0.717, 1.165) is 11.5 Å². The second-order valence-electron chi connectivity index (χ2n) is 3.46. The van der Waals surface area contributed by atoms with Crippen molar-refractivity contribution in [2.75, 3.05) is 0 Å². The summed E-state index contributed by atoms with van der Waals surface area (Å²) in [6.07, 6.45) is 1.18. The average Bonchev–Trinajstić information content (AvgIpc) is 2.25. The Morgan fingerprint density at radius 2 is 1.93 bits per heavy atom. The van der Waals surface area contributed by atoms with Crippen molar-refractivity contribution < 1.29 is 4.79 Å². The molecule has 0 aliphatic carbocycles. The zero-order chi connectivity index (χ0) is 11.1. The molecule has 0 unspecified atom stereocenters. The monoisotopic (exact) mass is 221 g/mol. The largest absolute Gasteiger partial charge is 0.376 e. The van der Waals surface area contributed by atoms with Crippen molar-refractivity contribution in [1.82, 2.24) is 5.32 Å². The maximum Gasteiger partial charge on any atom is 0.130 e. The molecule has 0 aliphatic rings. The van der Waals surface area contributed by atoms with E-state index in [2.05, 4.69) is 5.32 Å². The standard InChI is InChI=1S/C12H15NOS/c1-10(14)7-8-12(15)13-9-11-5-3-2-4-6-11/h2-6H,7-9H2,1H3,(H,13,15). The molecular formula is C12H15NOS. The van der Waals surface area contributed by atoms with Gasteiger partial charge in [-0.2, -0.15) is 0 Å². The second-order valence-corrected chi connectivity index (χ2v) is 3.96. The molecule has 0 saturated heterocycles. The number of rotatable bonds is 5. The van der Waals surface area contributed by atoms with Crippen LogP contribution in [0.4, 0.5) is 0 Å². The molecule has 0 aromatic heterocycles. The molecule has 0 atom stereocenters. The summed E-state index contributed by atoms with van der Waals surface area (Å²) in [5.41, 5.74) is 1.20. The number of Topliss-reactive ketones (excluding diaryl/α,β-unsaturated/α-hetero) is 1. The normalized spacial score (nSPS) is 9.67. The molecule has 1 aromatic rings. The van der Waals surface area contributed by atoms with Gasteiger partial charge in [-0.3, -0.25) is 0 Å². The molecule has 0 amide bonds. The number of ketones is 1. The maximum atomic E-state index is 10.7. The van der Waals surface area contributed by atoms with Crippen LogP contribution < -0.4 is 5.32 Å². The highest BCUT2D eigenvalue weighted by molar-refractivity contribution is 7.80. The van der Waals surface area contributed by atoms with Crippen LogP contribution in [0.15, 0.2) is 30.3 Å². The van der Waals surface area contributed by atoms with Gasteiger partial charge < -0.3 is 10.1 Å². The summed E-state index contributed by atoms with van der Waals surface area (Å²) in [4.78, 5) is 11.5. The Labute approximate surface area is 95.7 Å². The van der Waals surface area contributed by atoms with Gasteiger partial charge in [0.25, 0.3) is 0 Å². The molecule has 1 N–H and O–H groups in total. The molecule has 0 bridgehead atoms. The van der Waals surface area contributed by atoms with Crippen LogP contribution in [0.3, 0.4) is 0 Å². The van der Waals surface area contributed by atoms with E-state index in [0.29, 0.717) is 12.8 Å². The maximum absolute atomic E-state index is 10.7. The predicted octanol–water partition coefficient (Wildman–Crippen LogP) is 2.47. The number of nitrogens with one attached hydrogen (secondary N) is 1. The van der Waals surface area contributed by atoms with Crippen molar-refractivity contribution in [1.29, 1.82) is 0 Å². The summed E-state index contributed by atoms with van der Waals surface area (Å²) in [6, 6.07) is 10.1. The molecule has 0 radical (unpaired) electrons. The van der Waals surface area contributed by atoms with E-state index in [1.807, 2.05) is 30.3 Å². The molecule has 2 nitrogen and oxygen atoms in total. The van der Waals surface area contributed by atoms with Gasteiger partial charge in [0.05, 0.1) is 4.99 Å². The van der Waals surface area contributed by atoms with Crippen LogP contribution in [0.5, 0.6) is 0 Å². The average molecular weight is 221 g/mol. The van der Waals surface area contributed by atoms with Crippen LogP contribution in [0.1, 0.15) is 25.3 Å². The van der Waals surface area contributed by atoms with Gasteiger partial charge >= 0.3 is 0 Å². The zero-order valence-corrected chi connectivity index (χ0v) is 9.64. The SMILES string of the molecule is CC(=O)CCC(=S)NCc1ccccc1. The first kappa shape index (κ1) is 11.9. The number of carbonyl (C=O) groups is 1. The third-order valence-corrected chi connectivity index (χ3v) is 2.39. The first-order valence-electron chi connectivity index (χ1n) is 4.98. The lowest BCUT2D eigenvalue weighted by Crippen LogP contribution is -2.21. The summed E-state index contributed by atoms with van der Waals surface area (Å²) < 4.78 is 0. The minimum absolute atomic E-state index is 0.180. The second kappa shape index (κ2) is 6.30. The van der Waals surface area contributed by atoms with Gasteiger partial charge in [-0.1, -0.05) is 42.5 Å². The molecule has 0 aliphatic heterocycles. The Hall–Kier alpha value is -1.22. The molecule has 1 aromatic carbocycles. The number of carbonyl (C=O) groups excluding carboxylic acids is 1. The third-order valence-electron chi connectivity index (χ3n) is 2.04. The first-order valence-corrected chi connectivity index (χ1v) is 5.39. The van der Waals surface area contributed by atoms with Crippen LogP contribution >= 0.6 is 12.2 Å². The third kappa shape index (κ3) is 5.27. The van der Waals surface area contributed by atoms with Crippen LogP contribution in [0, 0.1) is 0 Å². The van der Waals surface area contributed by atoms with Crippen molar-refractivity contribution in [2.24, 2.45) is 0 Å². The summed E-state index contributed by atoms with van der Waals surface area (Å²) in [7, 11) is 0. The smallest absolute Gasteiger partial charge is 0.130 e. The van der Waals surface area contributed by atoms with Crippen molar-refractivity contribution in [2.45, 2.75) is 26.3 Å². The van der Waals surface area contributed by atoms with Crippen molar-refractivity contribution in [3.8, 4) is 0 Å². The van der Waals surface area contributed by atoms with Gasteiger partial charge in [0, 0.05) is 19.4 Å². The first-order chi connectivity index (χ1) is 7.18. The summed E-state index contributed by atoms with van der Waals surface area (Å²) in [5, 5.41) is 3.13. The van der Waals surface area contributed by atoms with Crippen molar-refractivity contribution in [3.63, 3.8) is 0 Å². The van der Waals surface area contributed by atoms with Gasteiger partial charge in [-0.15, -0.1) is 0 Å². The molecule has 0 saturated carbocycles. The topological polar surface area (TPSA) is 29.1 Å². The number of thiocarbonyl (C=S) groups is 1. The fourth-order valence-corrected chi connectivity index (χ4v) is 1.35. The molecule has 0 fully saturated rings. The van der Waals surface area contributed by atoms with Gasteiger partial charge in [0.15, 0.2) is 0 Å². The Bertz CT molecular complexity index is 335. The fraction of sp³-hybridized carbons (Fsp3) is 0.333. The zero-order valence-electron chi connectivity index (χ0n) is 8.82. The van der Waals surface area contributed by atoms with E-state index in [1.54, 1.807) is 6.92 Å². The Balaban J connectivity index is 2.26. The Morgan fingerprint density at radius 3 is 2.53 bits per heavy atom. The highest BCUT2D eigenvalue weighted by Gasteiger charge is 1.99. The molecule has 80 valence electrons. The quantitative estimate of drug-likeness (QED) is 0.774. The fourth-order valence-electron chi connectivity index (χ4n) is 1.17. The van der Waals surface area contributed by atoms with Gasteiger partial charge in [-0.05, 0) is 12.5 Å². The highest BCUT2D eigenvalue weighted by atomic mass is 32.1. The van der Waals surface area contributed by atoms with Crippen molar-refractivity contribution >= 4 is 23.0 Å². The van der Waals surface area contributed by atoms with E-state index in [1.165, 1.54) is 5.56 Å². The van der Waals surface area contributed by atoms with Gasteiger partial charge in [0.2, 0.25) is 0 Å².